The molecule has 6 heteroatoms. The third-order valence-corrected chi connectivity index (χ3v) is 4.66. The van der Waals surface area contributed by atoms with Gasteiger partial charge in [0, 0.05) is 11.6 Å². The molecule has 21 heavy (non-hydrogen) atoms. The van der Waals surface area contributed by atoms with Crippen LogP contribution in [0, 0.1) is 0 Å². The number of fused-ring (bicyclic) bond motifs is 1. The molecule has 3 rings (SSSR count). The summed E-state index contributed by atoms with van der Waals surface area (Å²) < 4.78 is 6.62. The minimum atomic E-state index is -0.410. The van der Waals surface area contributed by atoms with Gasteiger partial charge in [0.15, 0.2) is 5.65 Å². The standard InChI is InChI=1S/C15H18ClN3O2/c1-15(6-4-3-5-7-15)14-18-17-12-11(16)8-10(9-19(12)14)13(20)21-2/h8-9H,3-7H2,1-2H3. The van der Waals surface area contributed by atoms with Gasteiger partial charge in [-0.2, -0.15) is 0 Å². The molecule has 5 nitrogen and oxygen atoms in total. The Morgan fingerprint density at radius 1 is 1.33 bits per heavy atom. The Morgan fingerprint density at radius 2 is 2.05 bits per heavy atom. The van der Waals surface area contributed by atoms with Crippen molar-refractivity contribution in [2.45, 2.75) is 44.4 Å². The molecule has 0 aromatic carbocycles. The molecular weight excluding hydrogens is 290 g/mol. The predicted molar refractivity (Wildman–Crippen MR) is 79.8 cm³/mol. The number of esters is 1. The van der Waals surface area contributed by atoms with E-state index in [1.54, 1.807) is 12.3 Å². The van der Waals surface area contributed by atoms with Crippen molar-refractivity contribution >= 4 is 23.2 Å². The number of pyridine rings is 1. The summed E-state index contributed by atoms with van der Waals surface area (Å²) in [5, 5.41) is 8.96. The lowest BCUT2D eigenvalue weighted by Gasteiger charge is -2.31. The normalized spacial score (nSPS) is 17.9. The molecule has 0 saturated heterocycles. The molecule has 2 aromatic rings. The number of methoxy groups -OCH3 is 1. The lowest BCUT2D eigenvalue weighted by atomic mass is 9.75. The highest BCUT2D eigenvalue weighted by atomic mass is 35.5. The van der Waals surface area contributed by atoms with Gasteiger partial charge < -0.3 is 4.74 Å². The number of rotatable bonds is 2. The van der Waals surface area contributed by atoms with Crippen molar-refractivity contribution < 1.29 is 9.53 Å². The molecule has 1 aliphatic rings. The summed E-state index contributed by atoms with van der Waals surface area (Å²) in [7, 11) is 1.36. The molecule has 0 radical (unpaired) electrons. The van der Waals surface area contributed by atoms with Crippen LogP contribution in [0.25, 0.3) is 5.65 Å². The van der Waals surface area contributed by atoms with Crippen molar-refractivity contribution in [2.24, 2.45) is 0 Å². The van der Waals surface area contributed by atoms with Crippen molar-refractivity contribution in [3.63, 3.8) is 0 Å². The molecule has 2 aromatic heterocycles. The Hall–Kier alpha value is -1.62. The average Bonchev–Trinajstić information content (AvgIpc) is 2.92. The Labute approximate surface area is 128 Å². The van der Waals surface area contributed by atoms with Crippen molar-refractivity contribution in [3.8, 4) is 0 Å². The first kappa shape index (κ1) is 14.3. The third-order valence-electron chi connectivity index (χ3n) is 4.38. The van der Waals surface area contributed by atoms with E-state index in [0.29, 0.717) is 16.2 Å². The van der Waals surface area contributed by atoms with E-state index in [-0.39, 0.29) is 5.41 Å². The van der Waals surface area contributed by atoms with Gasteiger partial charge in [-0.05, 0) is 18.9 Å². The summed E-state index contributed by atoms with van der Waals surface area (Å²) >= 11 is 6.23. The van der Waals surface area contributed by atoms with E-state index in [1.165, 1.54) is 26.4 Å². The molecule has 2 heterocycles. The summed E-state index contributed by atoms with van der Waals surface area (Å²) in [6, 6.07) is 1.57. The maximum atomic E-state index is 11.8. The maximum absolute atomic E-state index is 11.8. The third kappa shape index (κ3) is 2.39. The summed E-state index contributed by atoms with van der Waals surface area (Å²) in [5.41, 5.74) is 0.983. The van der Waals surface area contributed by atoms with Crippen LogP contribution in [0.4, 0.5) is 0 Å². The van der Waals surface area contributed by atoms with Gasteiger partial charge in [-0.25, -0.2) is 4.79 Å². The van der Waals surface area contributed by atoms with Gasteiger partial charge >= 0.3 is 5.97 Å². The lowest BCUT2D eigenvalue weighted by molar-refractivity contribution is 0.0600. The van der Waals surface area contributed by atoms with E-state index in [0.717, 1.165) is 18.7 Å². The molecule has 0 spiro atoms. The smallest absolute Gasteiger partial charge is 0.339 e. The zero-order chi connectivity index (χ0) is 15.0. The molecule has 1 fully saturated rings. The van der Waals surface area contributed by atoms with Crippen LogP contribution >= 0.6 is 11.6 Å². The van der Waals surface area contributed by atoms with Crippen LogP contribution in [0.1, 0.15) is 55.2 Å². The monoisotopic (exact) mass is 307 g/mol. The lowest BCUT2D eigenvalue weighted by Crippen LogP contribution is -2.28. The van der Waals surface area contributed by atoms with Gasteiger partial charge in [0.2, 0.25) is 0 Å². The SMILES string of the molecule is COC(=O)c1cc(Cl)c2nnc(C3(C)CCCCC3)n2c1. The van der Waals surface area contributed by atoms with Gasteiger partial charge in [0.05, 0.1) is 17.7 Å². The number of hydrogen-bond acceptors (Lipinski definition) is 4. The number of nitrogens with zero attached hydrogens (tertiary/aromatic N) is 3. The van der Waals surface area contributed by atoms with Crippen molar-refractivity contribution in [2.75, 3.05) is 7.11 Å². The second-order valence-corrected chi connectivity index (χ2v) is 6.31. The van der Waals surface area contributed by atoms with Gasteiger partial charge in [0.1, 0.15) is 5.82 Å². The molecule has 0 atom stereocenters. The Balaban J connectivity index is 2.15. The molecule has 0 amide bonds. The fourth-order valence-electron chi connectivity index (χ4n) is 3.15. The molecule has 1 saturated carbocycles. The van der Waals surface area contributed by atoms with Crippen LogP contribution in [0.5, 0.6) is 0 Å². The maximum Gasteiger partial charge on any atom is 0.339 e. The van der Waals surface area contributed by atoms with Crippen LogP contribution in [0.3, 0.4) is 0 Å². The molecular formula is C15H18ClN3O2. The summed E-state index contributed by atoms with van der Waals surface area (Å²) in [6.07, 6.45) is 7.52. The van der Waals surface area contributed by atoms with E-state index in [2.05, 4.69) is 17.1 Å². The van der Waals surface area contributed by atoms with E-state index in [1.807, 2.05) is 4.40 Å². The number of hydrogen-bond donors (Lipinski definition) is 0. The topological polar surface area (TPSA) is 56.5 Å². The molecule has 112 valence electrons. The van der Waals surface area contributed by atoms with Gasteiger partial charge in [-0.1, -0.05) is 37.8 Å². The van der Waals surface area contributed by atoms with Crippen LogP contribution in [-0.4, -0.2) is 27.7 Å². The second-order valence-electron chi connectivity index (χ2n) is 5.91. The highest BCUT2D eigenvalue weighted by Gasteiger charge is 2.33. The predicted octanol–water partition coefficient (Wildman–Crippen LogP) is 3.39. The second kappa shape index (κ2) is 5.30. The highest BCUT2D eigenvalue weighted by molar-refractivity contribution is 6.33. The van der Waals surface area contributed by atoms with Gasteiger partial charge in [-0.3, -0.25) is 4.40 Å². The number of aromatic nitrogens is 3. The van der Waals surface area contributed by atoms with Gasteiger partial charge in [-0.15, -0.1) is 10.2 Å². The number of carbonyl (C=O) groups excluding carboxylic acids is 1. The fraction of sp³-hybridized carbons (Fsp3) is 0.533. The Bertz CT molecular complexity index is 690. The minimum Gasteiger partial charge on any atom is -0.465 e. The van der Waals surface area contributed by atoms with E-state index < -0.39 is 5.97 Å². The van der Waals surface area contributed by atoms with E-state index in [4.69, 9.17) is 16.3 Å². The number of ether oxygens (including phenoxy) is 1. The van der Waals surface area contributed by atoms with Crippen LogP contribution in [0.15, 0.2) is 12.3 Å². The van der Waals surface area contributed by atoms with Gasteiger partial charge in [0.25, 0.3) is 0 Å². The summed E-state index contributed by atoms with van der Waals surface area (Å²) in [4.78, 5) is 11.8. The molecule has 1 aliphatic carbocycles. The van der Waals surface area contributed by atoms with Crippen molar-refractivity contribution in [1.29, 1.82) is 0 Å². The van der Waals surface area contributed by atoms with Crippen molar-refractivity contribution in [1.82, 2.24) is 14.6 Å². The Morgan fingerprint density at radius 3 is 2.71 bits per heavy atom. The van der Waals surface area contributed by atoms with E-state index >= 15 is 0 Å². The molecule has 0 aliphatic heterocycles. The zero-order valence-corrected chi connectivity index (χ0v) is 13.0. The summed E-state index contributed by atoms with van der Waals surface area (Å²) in [5.74, 6) is 0.470. The zero-order valence-electron chi connectivity index (χ0n) is 12.2. The molecule has 0 unspecified atom stereocenters. The molecule has 0 bridgehead atoms. The number of halogens is 1. The first-order chi connectivity index (χ1) is 10.0. The number of carbonyl (C=O) groups is 1. The Kier molecular flexibility index (Phi) is 3.61. The molecule has 0 N–H and O–H groups in total. The average molecular weight is 308 g/mol. The van der Waals surface area contributed by atoms with Crippen LogP contribution in [-0.2, 0) is 10.2 Å². The van der Waals surface area contributed by atoms with Crippen molar-refractivity contribution in [3.05, 3.63) is 28.7 Å². The van der Waals surface area contributed by atoms with Crippen LogP contribution in [0.2, 0.25) is 5.02 Å². The minimum absolute atomic E-state index is 0.0181. The van der Waals surface area contributed by atoms with Crippen LogP contribution < -0.4 is 0 Å². The first-order valence-corrected chi connectivity index (χ1v) is 7.56. The summed E-state index contributed by atoms with van der Waals surface area (Å²) in [6.45, 7) is 2.21. The highest BCUT2D eigenvalue weighted by Crippen LogP contribution is 2.38. The van der Waals surface area contributed by atoms with E-state index in [9.17, 15) is 4.79 Å². The largest absolute Gasteiger partial charge is 0.465 e. The fourth-order valence-corrected chi connectivity index (χ4v) is 3.40. The first-order valence-electron chi connectivity index (χ1n) is 7.18. The quantitative estimate of drug-likeness (QED) is 0.798.